The quantitative estimate of drug-likeness (QED) is 0.0414. The molecular formula is C93H160O14. The Morgan fingerprint density at radius 3 is 0.514 bits per heavy atom. The fourth-order valence-corrected chi connectivity index (χ4v) is 22.4. The molecule has 6 unspecified atom stereocenters. The van der Waals surface area contributed by atoms with Crippen LogP contribution in [0.15, 0.2) is 0 Å². The van der Waals surface area contributed by atoms with Gasteiger partial charge in [0.1, 0.15) is 39.2 Å². The van der Waals surface area contributed by atoms with Gasteiger partial charge >= 0.3 is 41.8 Å². The number of carbonyl (C=O) groups excluding carboxylic acids is 7. The van der Waals surface area contributed by atoms with Crippen LogP contribution in [-0.4, -0.2) is 81.0 Å². The first-order valence-corrected chi connectivity index (χ1v) is 45.2. The Kier molecular flexibility index (Phi) is 32.9. The zero-order chi connectivity index (χ0) is 78.6. The molecule has 0 aromatic rings. The van der Waals surface area contributed by atoms with Crippen molar-refractivity contribution in [3.63, 3.8) is 0 Å². The summed E-state index contributed by atoms with van der Waals surface area (Å²) >= 11 is 0. The molecule has 6 atom stereocenters. The van der Waals surface area contributed by atoms with Crippen molar-refractivity contribution in [2.45, 2.75) is 510 Å². The van der Waals surface area contributed by atoms with Crippen molar-refractivity contribution in [1.29, 1.82) is 0 Å². The molecule has 0 saturated heterocycles. The second-order valence-corrected chi connectivity index (χ2v) is 39.8. The van der Waals surface area contributed by atoms with Gasteiger partial charge in [0.2, 0.25) is 0 Å². The van der Waals surface area contributed by atoms with E-state index in [0.29, 0.717) is 103 Å². The average molecular weight is 1500 g/mol. The molecule has 0 spiro atoms. The number of hydrogen-bond acceptors (Lipinski definition) is 14. The smallest absolute Gasteiger partial charge is 0.312 e. The van der Waals surface area contributed by atoms with Gasteiger partial charge in [-0.05, 0) is 370 Å². The first-order valence-electron chi connectivity index (χ1n) is 45.2. The molecule has 0 radical (unpaired) electrons. The summed E-state index contributed by atoms with van der Waals surface area (Å²) in [4.78, 5) is 116. The summed E-state index contributed by atoms with van der Waals surface area (Å²) in [7, 11) is 0. The first kappa shape index (κ1) is 90.5. The van der Waals surface area contributed by atoms with Crippen molar-refractivity contribution in [2.24, 2.45) is 37.9 Å². The van der Waals surface area contributed by atoms with E-state index in [1.54, 1.807) is 0 Å². The Balaban J connectivity index is 1.50. The molecule has 0 aliphatic heterocycles. The monoisotopic (exact) mass is 1500 g/mol. The van der Waals surface area contributed by atoms with E-state index < -0.39 is 107 Å². The van der Waals surface area contributed by atoms with Gasteiger partial charge in [0.25, 0.3) is 0 Å². The molecule has 7 saturated carbocycles. The van der Waals surface area contributed by atoms with E-state index in [2.05, 4.69) is 48.5 Å². The molecule has 7 aliphatic rings. The molecule has 0 N–H and O–H groups in total. The van der Waals surface area contributed by atoms with E-state index in [1.807, 2.05) is 62.3 Å². The Morgan fingerprint density at radius 2 is 0.355 bits per heavy atom. The molecule has 0 bridgehead atoms. The van der Waals surface area contributed by atoms with Crippen LogP contribution in [0, 0.1) is 37.9 Å². The molecule has 0 amide bonds. The maximum absolute atomic E-state index is 17.2. The first-order chi connectivity index (χ1) is 50.6. The highest BCUT2D eigenvalue weighted by Crippen LogP contribution is 2.59. The van der Waals surface area contributed by atoms with E-state index in [4.69, 9.17) is 33.2 Å². The van der Waals surface area contributed by atoms with E-state index >= 15 is 33.6 Å². The highest BCUT2D eigenvalue weighted by Gasteiger charge is 2.62. The molecule has 7 aliphatic carbocycles. The van der Waals surface area contributed by atoms with Gasteiger partial charge in [-0.1, -0.05) is 100 Å². The fourth-order valence-electron chi connectivity index (χ4n) is 22.4. The van der Waals surface area contributed by atoms with Crippen molar-refractivity contribution in [3.05, 3.63) is 0 Å². The van der Waals surface area contributed by atoms with Gasteiger partial charge < -0.3 is 33.2 Å². The van der Waals surface area contributed by atoms with Crippen molar-refractivity contribution in [1.82, 2.24) is 0 Å². The maximum atomic E-state index is 17.2. The summed E-state index contributed by atoms with van der Waals surface area (Å²) in [5.74, 6) is -3.29. The lowest BCUT2D eigenvalue weighted by atomic mass is 9.57. The van der Waals surface area contributed by atoms with Crippen LogP contribution in [0.3, 0.4) is 0 Å². The predicted octanol–water partition coefficient (Wildman–Crippen LogP) is 25.1. The number of esters is 7. The molecule has 616 valence electrons. The third kappa shape index (κ3) is 23.3. The molecule has 14 heteroatoms. The van der Waals surface area contributed by atoms with Crippen LogP contribution in [0.1, 0.15) is 470 Å². The van der Waals surface area contributed by atoms with Crippen LogP contribution < -0.4 is 0 Å². The second-order valence-electron chi connectivity index (χ2n) is 39.8. The van der Waals surface area contributed by atoms with Gasteiger partial charge in [-0.25, -0.2) is 0 Å². The number of hydrogen-bond donors (Lipinski definition) is 0. The summed E-state index contributed by atoms with van der Waals surface area (Å²) in [6.07, 6.45) is 39.7. The van der Waals surface area contributed by atoms with Gasteiger partial charge in [-0.15, -0.1) is 0 Å². The van der Waals surface area contributed by atoms with Gasteiger partial charge in [-0.2, -0.15) is 0 Å². The van der Waals surface area contributed by atoms with Gasteiger partial charge in [0, 0.05) is 0 Å². The molecule has 0 aromatic carbocycles. The molecule has 107 heavy (non-hydrogen) atoms. The van der Waals surface area contributed by atoms with Crippen molar-refractivity contribution >= 4 is 41.8 Å². The second kappa shape index (κ2) is 38.9. The molecular weight excluding hydrogens is 1340 g/mol. The van der Waals surface area contributed by atoms with E-state index in [0.717, 1.165) is 218 Å². The number of unbranched alkanes of at least 4 members (excludes halogenated alkanes) is 7. The summed E-state index contributed by atoms with van der Waals surface area (Å²) in [6.45, 7) is 32.3. The number of carbonyl (C=O) groups is 7. The lowest BCUT2D eigenvalue weighted by molar-refractivity contribution is -0.193. The summed E-state index contributed by atoms with van der Waals surface area (Å²) in [5.41, 5.74) is -16.0. The minimum atomic E-state index is -1.76. The van der Waals surface area contributed by atoms with Crippen LogP contribution >= 0.6 is 0 Å². The standard InChI is InChI=1S/C93H160O14/c1-17-25-46-87(53-32-33-54-87)101-73(94)80(9,10)67-82(12,75(96)103-89(48-27-19-3)57-36-37-58-89)69-84(14,77(98)105-91(50-29-21-5)61-40-41-62-91)71-86(16,79(100)107-93(52-31-23-7)65-44-45-66-93)72-85(15,78(99)106-92(51-30-22-6)63-42-43-64-92)70-83(13,76(97)104-90(49-28-20-4)59-38-39-60-90)68-81(11,24-8)74(95)102-88(47-26-18-2)55-34-35-56-88/h17-72H2,1-16H3. The van der Waals surface area contributed by atoms with E-state index in [9.17, 15) is 0 Å². The summed E-state index contributed by atoms with van der Waals surface area (Å²) < 4.78 is 50.1. The van der Waals surface area contributed by atoms with Crippen LogP contribution in [0.5, 0.6) is 0 Å². The molecule has 0 aromatic heterocycles. The maximum Gasteiger partial charge on any atom is 0.312 e. The highest BCUT2D eigenvalue weighted by molar-refractivity contribution is 5.87. The average Bonchev–Trinajstić information content (AvgIpc) is 0.960. The van der Waals surface area contributed by atoms with Crippen molar-refractivity contribution in [2.75, 3.05) is 0 Å². The zero-order valence-corrected chi connectivity index (χ0v) is 71.8. The summed E-state index contributed by atoms with van der Waals surface area (Å²) in [5, 5.41) is 0. The fraction of sp³-hybridized carbons (Fsp3) is 0.925. The lowest BCUT2D eigenvalue weighted by Gasteiger charge is -2.49. The predicted molar refractivity (Wildman–Crippen MR) is 428 cm³/mol. The minimum absolute atomic E-state index is 0.00490. The van der Waals surface area contributed by atoms with Crippen LogP contribution in [-0.2, 0) is 66.7 Å². The van der Waals surface area contributed by atoms with E-state index in [1.165, 1.54) is 0 Å². The third-order valence-electron chi connectivity index (χ3n) is 28.7. The molecule has 0 heterocycles. The Morgan fingerprint density at radius 1 is 0.215 bits per heavy atom. The van der Waals surface area contributed by atoms with Crippen molar-refractivity contribution < 1.29 is 66.7 Å². The number of rotatable bonds is 48. The molecule has 7 fully saturated rings. The SMILES string of the molecule is CCCCC1(OC(=O)C(C)(C)CC(C)(CC(C)(CC(C)(CC(C)(CC(C)(CC(C)(CC)C(=O)OC2(CCCC)CCCC2)C(=O)OC2(CCCC)CCCC2)C(=O)OC2(CCCC)CCCC2)C(=O)OC2(CCCC)CCCC2)C(=O)OC2(CCCC)CCCC2)C(=O)OC2(CCCC)CCCC2)CCCC1. The van der Waals surface area contributed by atoms with Crippen molar-refractivity contribution in [3.8, 4) is 0 Å². The molecule has 14 nitrogen and oxygen atoms in total. The minimum Gasteiger partial charge on any atom is -0.459 e. The van der Waals surface area contributed by atoms with Crippen LogP contribution in [0.2, 0.25) is 0 Å². The normalized spacial score (nSPS) is 23.8. The molecule has 7 rings (SSSR count). The third-order valence-corrected chi connectivity index (χ3v) is 28.7. The van der Waals surface area contributed by atoms with E-state index in [-0.39, 0.29) is 50.5 Å². The lowest BCUT2D eigenvalue weighted by Crippen LogP contribution is -2.53. The Bertz CT molecular complexity index is 2830. The highest BCUT2D eigenvalue weighted by atomic mass is 16.6. The van der Waals surface area contributed by atoms with Gasteiger partial charge in [0.05, 0.1) is 37.9 Å². The Hall–Kier alpha value is -3.71. The topological polar surface area (TPSA) is 184 Å². The number of ether oxygens (including phenoxy) is 7. The van der Waals surface area contributed by atoms with Crippen LogP contribution in [0.25, 0.3) is 0 Å². The Labute approximate surface area is 652 Å². The van der Waals surface area contributed by atoms with Crippen LogP contribution in [0.4, 0.5) is 0 Å². The van der Waals surface area contributed by atoms with Gasteiger partial charge in [0.15, 0.2) is 0 Å². The van der Waals surface area contributed by atoms with Gasteiger partial charge in [-0.3, -0.25) is 33.6 Å². The zero-order valence-electron chi connectivity index (χ0n) is 71.8. The largest absolute Gasteiger partial charge is 0.459 e. The summed E-state index contributed by atoms with van der Waals surface area (Å²) in [6, 6.07) is 0.